The van der Waals surface area contributed by atoms with E-state index in [1.165, 1.54) is 11.1 Å². The Kier molecular flexibility index (Phi) is 12.0. The molecule has 0 amide bonds. The number of pyridine rings is 2. The lowest BCUT2D eigenvalue weighted by atomic mass is 9.77. The Labute approximate surface area is 448 Å². The minimum absolute atomic E-state index is 0.667. The Morgan fingerprint density at radius 2 is 0.844 bits per heavy atom. The van der Waals surface area contributed by atoms with Crippen molar-refractivity contribution < 1.29 is 0 Å². The number of rotatable bonds is 12. The van der Waals surface area contributed by atoms with Gasteiger partial charge in [-0.1, -0.05) is 146 Å². The first-order valence-electron chi connectivity index (χ1n) is 26.1. The summed E-state index contributed by atoms with van der Waals surface area (Å²) >= 11 is 0. The maximum absolute atomic E-state index is 5.96. The molecule has 0 spiro atoms. The lowest BCUT2D eigenvalue weighted by Crippen LogP contribution is -2.39. The van der Waals surface area contributed by atoms with E-state index in [2.05, 4.69) is 207 Å². The van der Waals surface area contributed by atoms with Gasteiger partial charge in [0.15, 0.2) is 0 Å². The van der Waals surface area contributed by atoms with Gasteiger partial charge in [0.2, 0.25) is 0 Å². The van der Waals surface area contributed by atoms with Crippen LogP contribution < -0.4 is 10.6 Å². The van der Waals surface area contributed by atoms with Crippen LogP contribution in [0.2, 0.25) is 0 Å². The first-order valence-corrected chi connectivity index (χ1v) is 26.1. The van der Waals surface area contributed by atoms with Gasteiger partial charge in [0.25, 0.3) is 0 Å². The van der Waals surface area contributed by atoms with Gasteiger partial charge >= 0.3 is 0 Å². The number of fused-ring (bicyclic) bond motifs is 2. The molecule has 2 N–H and O–H groups in total. The molecule has 12 rings (SSSR count). The number of nitrogens with zero attached hydrogens (tertiary/aromatic N) is 10. The first kappa shape index (κ1) is 48.5. The molecule has 0 saturated heterocycles. The van der Waals surface area contributed by atoms with Crippen LogP contribution in [0.25, 0.3) is 83.9 Å². The minimum Gasteiger partial charge on any atom is -0.386 e. The summed E-state index contributed by atoms with van der Waals surface area (Å²) in [6.07, 6.45) is 7.81. The zero-order chi connectivity index (χ0) is 53.3. The van der Waals surface area contributed by atoms with Gasteiger partial charge in [-0.15, -0.1) is 0 Å². The lowest BCUT2D eigenvalue weighted by Gasteiger charge is -2.37. The summed E-state index contributed by atoms with van der Waals surface area (Å²) in [6.45, 7) is 13.1. The van der Waals surface area contributed by atoms with E-state index in [4.69, 9.17) is 30.4 Å². The van der Waals surface area contributed by atoms with Crippen molar-refractivity contribution in [3.63, 3.8) is 0 Å². The number of aryl methyl sites for hydroxylation is 5. The fraction of sp³-hybridized carbons (Fsp3) is 0.169. The highest BCUT2D eigenvalue weighted by Gasteiger charge is 2.43. The molecule has 0 aliphatic carbocycles. The van der Waals surface area contributed by atoms with Crippen molar-refractivity contribution in [2.45, 2.75) is 47.1 Å². The van der Waals surface area contributed by atoms with E-state index in [1.54, 1.807) is 0 Å². The van der Waals surface area contributed by atoms with Crippen LogP contribution in [0, 0.1) is 41.5 Å². The van der Waals surface area contributed by atoms with Gasteiger partial charge in [-0.2, -0.15) is 20.4 Å². The van der Waals surface area contributed by atoms with Crippen LogP contribution in [0.4, 0.5) is 11.4 Å². The van der Waals surface area contributed by atoms with Gasteiger partial charge in [0.1, 0.15) is 44.7 Å². The van der Waals surface area contributed by atoms with Gasteiger partial charge in [-0.25, -0.2) is 19.3 Å². The van der Waals surface area contributed by atoms with Crippen molar-refractivity contribution in [3.05, 3.63) is 220 Å². The lowest BCUT2D eigenvalue weighted by molar-refractivity contribution is 0.476. The third-order valence-corrected chi connectivity index (χ3v) is 15.7. The second kappa shape index (κ2) is 19.1. The average Bonchev–Trinajstić information content (AvgIpc) is 4.47. The molecule has 12 nitrogen and oxygen atoms in total. The molecule has 0 saturated carbocycles. The van der Waals surface area contributed by atoms with Crippen LogP contribution in [-0.2, 0) is 19.6 Å². The van der Waals surface area contributed by atoms with Gasteiger partial charge < -0.3 is 10.6 Å². The average molecular weight is 1010 g/mol. The van der Waals surface area contributed by atoms with Crippen molar-refractivity contribution >= 4 is 33.4 Å². The summed E-state index contributed by atoms with van der Waals surface area (Å²) in [5, 5.41) is 29.0. The Morgan fingerprint density at radius 3 is 1.29 bits per heavy atom. The molecule has 77 heavy (non-hydrogen) atoms. The van der Waals surface area contributed by atoms with Crippen molar-refractivity contribution in [1.29, 1.82) is 0 Å². The molecular formula is C65H60N12. The number of hydrogen-bond donors (Lipinski definition) is 2. The summed E-state index contributed by atoms with van der Waals surface area (Å²) in [5.74, 6) is 0. The quantitative estimate of drug-likeness (QED) is 0.116. The molecule has 0 unspecified atom stereocenters. The molecule has 0 atom stereocenters. The number of anilines is 2. The summed E-state index contributed by atoms with van der Waals surface area (Å²) < 4.78 is 8.00. The second-order valence-electron chi connectivity index (χ2n) is 20.2. The van der Waals surface area contributed by atoms with Crippen molar-refractivity contribution in [1.82, 2.24) is 49.1 Å². The maximum Gasteiger partial charge on any atom is 0.138 e. The largest absolute Gasteiger partial charge is 0.386 e. The van der Waals surface area contributed by atoms with Crippen LogP contribution in [0.3, 0.4) is 0 Å². The Morgan fingerprint density at radius 1 is 0.429 bits per heavy atom. The van der Waals surface area contributed by atoms with E-state index >= 15 is 0 Å². The van der Waals surface area contributed by atoms with Crippen molar-refractivity contribution in [3.8, 4) is 61.8 Å². The van der Waals surface area contributed by atoms with Crippen LogP contribution in [0.15, 0.2) is 170 Å². The standard InChI is InChI=1S/C65H60N12/c1-39-23-20-32-50(42(39)4)53-58(66-7)56(51-33-21-24-40(2)43(51)5)70-60-54(45-35-68-74(9)37-45)72-76(62(53)60)63-59(67-8)57(52-34-22-25-41(3)44(52)6)71-61-55(46-36-69-75(10)38-46)73-77(64(61)63)65(47-26-14-11-15-27-47,48-28-16-12-17-29-48)49-30-18-13-19-31-49/h11-38,66-67H,1-10H3. The van der Waals surface area contributed by atoms with E-state index in [0.717, 1.165) is 112 Å². The summed E-state index contributed by atoms with van der Waals surface area (Å²) in [6, 6.07) is 51.5. The fourth-order valence-electron chi connectivity index (χ4n) is 11.4. The molecule has 0 aliphatic heterocycles. The topological polar surface area (TPSA) is 121 Å². The molecule has 6 aromatic heterocycles. The van der Waals surface area contributed by atoms with Crippen LogP contribution >= 0.6 is 0 Å². The van der Waals surface area contributed by atoms with Crippen molar-refractivity contribution in [2.24, 2.45) is 14.1 Å². The predicted molar refractivity (Wildman–Crippen MR) is 313 cm³/mol. The number of aromatic nitrogens is 10. The van der Waals surface area contributed by atoms with E-state index in [-0.39, 0.29) is 0 Å². The summed E-state index contributed by atoms with van der Waals surface area (Å²) in [4.78, 5) is 11.7. The van der Waals surface area contributed by atoms with Crippen molar-refractivity contribution in [2.75, 3.05) is 24.7 Å². The molecule has 12 aromatic rings. The maximum atomic E-state index is 5.96. The molecular weight excluding hydrogens is 949 g/mol. The highest BCUT2D eigenvalue weighted by Crippen LogP contribution is 2.51. The van der Waals surface area contributed by atoms with Crippen LogP contribution in [0.1, 0.15) is 50.1 Å². The molecule has 0 bridgehead atoms. The van der Waals surface area contributed by atoms with Gasteiger partial charge in [0, 0.05) is 68.4 Å². The van der Waals surface area contributed by atoms with Gasteiger partial charge in [-0.3, -0.25) is 9.36 Å². The zero-order valence-electron chi connectivity index (χ0n) is 45.1. The number of hydrogen-bond acceptors (Lipinski definition) is 8. The van der Waals surface area contributed by atoms with Gasteiger partial charge in [0.05, 0.1) is 35.2 Å². The Hall–Kier alpha value is -9.42. The number of nitrogens with one attached hydrogen (secondary N) is 2. The predicted octanol–water partition coefficient (Wildman–Crippen LogP) is 13.7. The molecule has 6 heterocycles. The molecule has 380 valence electrons. The third kappa shape index (κ3) is 7.65. The Balaban J connectivity index is 1.40. The van der Waals surface area contributed by atoms with E-state index in [0.29, 0.717) is 22.4 Å². The van der Waals surface area contributed by atoms with E-state index in [9.17, 15) is 0 Å². The van der Waals surface area contributed by atoms with E-state index < -0.39 is 5.54 Å². The molecule has 12 heteroatoms. The third-order valence-electron chi connectivity index (χ3n) is 15.7. The fourth-order valence-corrected chi connectivity index (χ4v) is 11.4. The normalized spacial score (nSPS) is 11.8. The first-order chi connectivity index (χ1) is 37.4. The van der Waals surface area contributed by atoms with Crippen LogP contribution in [-0.4, -0.2) is 63.2 Å². The molecule has 0 aliphatic rings. The number of benzene rings is 6. The highest BCUT2D eigenvalue weighted by molar-refractivity contribution is 6.11. The van der Waals surface area contributed by atoms with E-state index in [1.807, 2.05) is 62.3 Å². The van der Waals surface area contributed by atoms with Gasteiger partial charge in [-0.05, 0) is 97.2 Å². The monoisotopic (exact) mass is 1010 g/mol. The summed E-state index contributed by atoms with van der Waals surface area (Å²) in [7, 11) is 7.86. The molecule has 6 aromatic carbocycles. The SMILES string of the molecule is CNc1c(-c2cccc(C)c2C)nc2c(-c3cnn(C)c3)nn(-c3c(NC)c(-c4cccc(C)c4C)nc4c(-c5cnn(C)c5)nn(C(c5ccccc5)(c5ccccc5)c5ccccc5)c34)c2c1-c1cccc(C)c1C. The summed E-state index contributed by atoms with van der Waals surface area (Å²) in [5.41, 5.74) is 22.7. The molecule has 0 fully saturated rings. The highest BCUT2D eigenvalue weighted by atomic mass is 15.4. The Bertz CT molecular complexity index is 4120. The van der Waals surface area contributed by atoms with Crippen LogP contribution in [0.5, 0.6) is 0 Å². The second-order valence-corrected chi connectivity index (χ2v) is 20.2. The smallest absolute Gasteiger partial charge is 0.138 e. The minimum atomic E-state index is -1.10. The molecule has 0 radical (unpaired) electrons. The zero-order valence-corrected chi connectivity index (χ0v) is 45.1.